The van der Waals surface area contributed by atoms with Crippen LogP contribution in [0.25, 0.3) is 0 Å². The lowest BCUT2D eigenvalue weighted by molar-refractivity contribution is -0.134. The molecule has 2 aliphatic heterocycles. The molecule has 1 aromatic carbocycles. The van der Waals surface area contributed by atoms with Crippen molar-refractivity contribution in [2.75, 3.05) is 25.6 Å². The normalized spacial score (nSPS) is 20.6. The van der Waals surface area contributed by atoms with Crippen molar-refractivity contribution in [1.29, 1.82) is 0 Å². The van der Waals surface area contributed by atoms with Crippen LogP contribution in [0.3, 0.4) is 0 Å². The quantitative estimate of drug-likeness (QED) is 0.809. The van der Waals surface area contributed by atoms with Gasteiger partial charge in [-0.05, 0) is 25.0 Å². The van der Waals surface area contributed by atoms with Gasteiger partial charge in [-0.3, -0.25) is 9.48 Å². The number of para-hydroxylation sites is 1. The number of rotatable bonds is 6. The van der Waals surface area contributed by atoms with Gasteiger partial charge in [0.2, 0.25) is 5.91 Å². The van der Waals surface area contributed by atoms with Crippen molar-refractivity contribution >= 4 is 17.3 Å². The Hall–Kier alpha value is -2.87. The first kappa shape index (κ1) is 19.4. The van der Waals surface area contributed by atoms with Crippen molar-refractivity contribution in [2.24, 2.45) is 17.6 Å². The van der Waals surface area contributed by atoms with Gasteiger partial charge in [-0.25, -0.2) is 0 Å². The first-order valence-corrected chi connectivity index (χ1v) is 9.83. The summed E-state index contributed by atoms with van der Waals surface area (Å²) < 4.78 is 12.6. The molecule has 1 aromatic heterocycles. The highest BCUT2D eigenvalue weighted by atomic mass is 16.6. The van der Waals surface area contributed by atoms with Crippen LogP contribution in [0, 0.1) is 5.41 Å². The zero-order valence-electron chi connectivity index (χ0n) is 16.8. The summed E-state index contributed by atoms with van der Waals surface area (Å²) in [4.78, 5) is 19.0. The molecule has 1 N–H and O–H groups in total. The van der Waals surface area contributed by atoms with Gasteiger partial charge in [0.1, 0.15) is 11.9 Å². The summed E-state index contributed by atoms with van der Waals surface area (Å²) in [5.74, 6) is 0.758. The third-order valence-electron chi connectivity index (χ3n) is 5.66. The second-order valence-electron chi connectivity index (χ2n) is 7.62. The zero-order chi connectivity index (χ0) is 20.3. The Balaban J connectivity index is 1.47. The van der Waals surface area contributed by atoms with Gasteiger partial charge in [-0.2, -0.15) is 5.10 Å². The largest absolute Gasteiger partial charge is 0.496 e. The number of aryl methyl sites for hydroxylation is 1. The number of aromatic nitrogens is 2. The van der Waals surface area contributed by atoms with E-state index in [0.29, 0.717) is 44.6 Å². The van der Waals surface area contributed by atoms with Crippen molar-refractivity contribution in [3.05, 3.63) is 42.2 Å². The molecule has 1 fully saturated rings. The molecular weight excluding hydrogens is 372 g/mol. The van der Waals surface area contributed by atoms with Gasteiger partial charge in [0.05, 0.1) is 30.1 Å². The fourth-order valence-corrected chi connectivity index (χ4v) is 4.05. The maximum atomic E-state index is 13.2. The van der Waals surface area contributed by atoms with Crippen LogP contribution < -0.4 is 10.1 Å². The van der Waals surface area contributed by atoms with E-state index in [1.54, 1.807) is 24.2 Å². The van der Waals surface area contributed by atoms with Gasteiger partial charge in [0.25, 0.3) is 0 Å². The fourth-order valence-electron chi connectivity index (χ4n) is 4.05. The molecule has 0 radical (unpaired) electrons. The van der Waals surface area contributed by atoms with Crippen molar-refractivity contribution < 1.29 is 19.1 Å². The molecule has 0 aliphatic carbocycles. The Kier molecular flexibility index (Phi) is 5.53. The van der Waals surface area contributed by atoms with E-state index in [2.05, 4.69) is 15.6 Å². The number of ether oxygens (including phenoxy) is 2. The summed E-state index contributed by atoms with van der Waals surface area (Å²) in [6, 6.07) is 7.76. The zero-order valence-corrected chi connectivity index (χ0v) is 16.8. The molecule has 1 unspecified atom stereocenters. The van der Waals surface area contributed by atoms with Crippen LogP contribution >= 0.6 is 0 Å². The summed E-state index contributed by atoms with van der Waals surface area (Å²) in [6.45, 7) is 1.13. The SMILES string of the molecule is COc1ccccc1C1=NOC(CC2(C(=O)Nc3cnn(C)c3)CCOCC2)C1. The molecule has 0 bridgehead atoms. The molecule has 4 rings (SSSR count). The lowest BCUT2D eigenvalue weighted by atomic mass is 9.74. The standard InChI is InChI=1S/C21H26N4O4/c1-25-14-15(13-22-25)23-20(26)21(7-9-28-10-8-21)12-16-11-18(24-29-16)17-5-3-4-6-19(17)27-2/h3-6,13-14,16H,7-12H2,1-2H3,(H,23,26). The molecule has 0 spiro atoms. The van der Waals surface area contributed by atoms with Crippen LogP contribution in [0.2, 0.25) is 0 Å². The Morgan fingerprint density at radius 2 is 2.14 bits per heavy atom. The minimum absolute atomic E-state index is 0.0110. The lowest BCUT2D eigenvalue weighted by Gasteiger charge is -2.36. The predicted molar refractivity (Wildman–Crippen MR) is 108 cm³/mol. The maximum absolute atomic E-state index is 13.2. The second-order valence-corrected chi connectivity index (χ2v) is 7.62. The van der Waals surface area contributed by atoms with E-state index in [9.17, 15) is 4.79 Å². The molecule has 1 saturated heterocycles. The molecular formula is C21H26N4O4. The smallest absolute Gasteiger partial charge is 0.230 e. The van der Waals surface area contributed by atoms with Gasteiger partial charge in [0, 0.05) is 44.9 Å². The number of benzene rings is 1. The minimum atomic E-state index is -0.551. The highest BCUT2D eigenvalue weighted by Gasteiger charge is 2.44. The third-order valence-corrected chi connectivity index (χ3v) is 5.66. The van der Waals surface area contributed by atoms with E-state index in [1.165, 1.54) is 0 Å². The van der Waals surface area contributed by atoms with Crippen LogP contribution in [-0.2, 0) is 21.4 Å². The Bertz CT molecular complexity index is 902. The van der Waals surface area contributed by atoms with Gasteiger partial charge >= 0.3 is 0 Å². The van der Waals surface area contributed by atoms with E-state index >= 15 is 0 Å². The number of amides is 1. The number of hydrogen-bond donors (Lipinski definition) is 1. The van der Waals surface area contributed by atoms with Crippen LogP contribution in [0.4, 0.5) is 5.69 Å². The molecule has 1 amide bonds. The molecule has 8 nitrogen and oxygen atoms in total. The fraction of sp³-hybridized carbons (Fsp3) is 0.476. The number of nitrogens with one attached hydrogen (secondary N) is 1. The molecule has 2 aliphatic rings. The van der Waals surface area contributed by atoms with E-state index in [4.69, 9.17) is 14.3 Å². The monoisotopic (exact) mass is 398 g/mol. The van der Waals surface area contributed by atoms with Crippen molar-refractivity contribution in [1.82, 2.24) is 9.78 Å². The van der Waals surface area contributed by atoms with Crippen LogP contribution in [0.15, 0.2) is 41.8 Å². The number of oxime groups is 1. The van der Waals surface area contributed by atoms with E-state index in [-0.39, 0.29) is 12.0 Å². The van der Waals surface area contributed by atoms with E-state index in [1.807, 2.05) is 31.3 Å². The van der Waals surface area contributed by atoms with Crippen molar-refractivity contribution in [3.8, 4) is 5.75 Å². The number of carbonyl (C=O) groups excluding carboxylic acids is 1. The number of hydrogen-bond acceptors (Lipinski definition) is 6. The van der Waals surface area contributed by atoms with Gasteiger partial charge in [-0.15, -0.1) is 0 Å². The molecule has 2 aromatic rings. The van der Waals surface area contributed by atoms with Gasteiger partial charge in [-0.1, -0.05) is 17.3 Å². The number of carbonyl (C=O) groups is 1. The Labute approximate surface area is 169 Å². The number of methoxy groups -OCH3 is 1. The van der Waals surface area contributed by atoms with Crippen LogP contribution in [-0.4, -0.2) is 47.8 Å². The first-order valence-electron chi connectivity index (χ1n) is 9.83. The van der Waals surface area contributed by atoms with E-state index < -0.39 is 5.41 Å². The molecule has 1 atom stereocenters. The summed E-state index contributed by atoms with van der Waals surface area (Å²) >= 11 is 0. The number of nitrogens with zero attached hydrogens (tertiary/aromatic N) is 3. The summed E-state index contributed by atoms with van der Waals surface area (Å²) in [5, 5.41) is 11.4. The maximum Gasteiger partial charge on any atom is 0.230 e. The van der Waals surface area contributed by atoms with E-state index in [0.717, 1.165) is 17.0 Å². The molecule has 3 heterocycles. The van der Waals surface area contributed by atoms with Gasteiger partial charge < -0.3 is 19.6 Å². The summed E-state index contributed by atoms with van der Waals surface area (Å²) in [5.41, 5.74) is 1.92. The Morgan fingerprint density at radius 1 is 1.34 bits per heavy atom. The molecule has 154 valence electrons. The van der Waals surface area contributed by atoms with Crippen molar-refractivity contribution in [3.63, 3.8) is 0 Å². The number of anilines is 1. The van der Waals surface area contributed by atoms with Gasteiger partial charge in [0.15, 0.2) is 0 Å². The lowest BCUT2D eigenvalue weighted by Crippen LogP contribution is -2.43. The minimum Gasteiger partial charge on any atom is -0.496 e. The highest BCUT2D eigenvalue weighted by Crippen LogP contribution is 2.39. The molecule has 8 heteroatoms. The summed E-state index contributed by atoms with van der Waals surface area (Å²) in [7, 11) is 3.47. The summed E-state index contributed by atoms with van der Waals surface area (Å²) in [6.07, 6.45) is 5.83. The van der Waals surface area contributed by atoms with Crippen LogP contribution in [0.5, 0.6) is 5.75 Å². The second kappa shape index (κ2) is 8.24. The third kappa shape index (κ3) is 4.12. The predicted octanol–water partition coefficient (Wildman–Crippen LogP) is 2.75. The first-order chi connectivity index (χ1) is 14.1. The topological polar surface area (TPSA) is 87.0 Å². The Morgan fingerprint density at radius 3 is 2.86 bits per heavy atom. The molecule has 29 heavy (non-hydrogen) atoms. The molecule has 0 saturated carbocycles. The van der Waals surface area contributed by atoms with Crippen LogP contribution in [0.1, 0.15) is 31.2 Å². The average molecular weight is 398 g/mol. The average Bonchev–Trinajstić information content (AvgIpc) is 3.37. The highest BCUT2D eigenvalue weighted by molar-refractivity contribution is 6.03. The van der Waals surface area contributed by atoms with Crippen molar-refractivity contribution in [2.45, 2.75) is 31.8 Å².